The van der Waals surface area contributed by atoms with Crippen LogP contribution in [0, 0.1) is 5.82 Å². The van der Waals surface area contributed by atoms with Gasteiger partial charge in [-0.2, -0.15) is 15.0 Å². The van der Waals surface area contributed by atoms with Gasteiger partial charge in [0, 0.05) is 79.4 Å². The standard InChI is InChI=1S/C39H39ClF2N8O3/c1-48(26-14-17-49(21-26)31(51)13-12-30-44-36(47-53-30)24-8-2-9-24)37-28-19-43-34(27-10-3-6-23-7-4-11-29(40)32(23)27)33(42)35(28)45-38(46-37)52-22-39-15-5-16-50(39)20-25(41)18-39/h3-4,6-7,10-13,19,24-26H,2,5,8-9,14-18,20-22H2,1H3/b13-12+/t25-,26-,39+/m1/s1. The van der Waals surface area contributed by atoms with Crippen LogP contribution >= 0.6 is 11.6 Å². The number of halogens is 3. The Kier molecular flexibility index (Phi) is 8.73. The Labute approximate surface area is 310 Å². The molecule has 1 aliphatic carbocycles. The minimum absolute atomic E-state index is 0.00424. The van der Waals surface area contributed by atoms with E-state index in [0.29, 0.717) is 77.3 Å². The fourth-order valence-electron chi connectivity index (χ4n) is 8.51. The number of aromatic nitrogens is 5. The molecule has 9 rings (SSSR count). The lowest BCUT2D eigenvalue weighted by atomic mass is 9.85. The molecule has 0 bridgehead atoms. The third-order valence-corrected chi connectivity index (χ3v) is 12.0. The number of alkyl halides is 1. The molecule has 274 valence electrons. The summed E-state index contributed by atoms with van der Waals surface area (Å²) in [6, 6.07) is 11.0. The highest BCUT2D eigenvalue weighted by molar-refractivity contribution is 6.36. The third kappa shape index (κ3) is 6.17. The van der Waals surface area contributed by atoms with Crippen molar-refractivity contribution in [2.75, 3.05) is 44.7 Å². The van der Waals surface area contributed by atoms with Crippen molar-refractivity contribution in [1.29, 1.82) is 0 Å². The summed E-state index contributed by atoms with van der Waals surface area (Å²) >= 11 is 6.63. The number of likely N-dealkylation sites (tertiary alicyclic amines) is 1. The van der Waals surface area contributed by atoms with Crippen LogP contribution in [0.5, 0.6) is 6.01 Å². The summed E-state index contributed by atoms with van der Waals surface area (Å²) in [6.45, 7) is 2.33. The molecule has 3 aromatic heterocycles. The number of hydrogen-bond acceptors (Lipinski definition) is 10. The third-order valence-electron chi connectivity index (χ3n) is 11.6. The van der Waals surface area contributed by atoms with E-state index in [-0.39, 0.29) is 35.8 Å². The second-order valence-electron chi connectivity index (χ2n) is 14.8. The van der Waals surface area contributed by atoms with Gasteiger partial charge in [-0.3, -0.25) is 14.7 Å². The van der Waals surface area contributed by atoms with Crippen molar-refractivity contribution in [3.05, 3.63) is 71.2 Å². The van der Waals surface area contributed by atoms with Crippen LogP contribution in [0.3, 0.4) is 0 Å². The Morgan fingerprint density at radius 3 is 2.79 bits per heavy atom. The number of rotatable bonds is 9. The van der Waals surface area contributed by atoms with E-state index in [1.165, 1.54) is 12.5 Å². The quantitative estimate of drug-likeness (QED) is 0.147. The van der Waals surface area contributed by atoms with Crippen molar-refractivity contribution in [2.24, 2.45) is 0 Å². The normalized spacial score (nSPS) is 23.4. The number of amides is 1. The predicted octanol–water partition coefficient (Wildman–Crippen LogP) is 6.99. The number of likely N-dealkylation sites (N-methyl/N-ethyl adjacent to an activating group) is 1. The maximum Gasteiger partial charge on any atom is 0.319 e. The van der Waals surface area contributed by atoms with Crippen molar-refractivity contribution in [1.82, 2.24) is 34.9 Å². The fourth-order valence-corrected chi connectivity index (χ4v) is 8.79. The lowest BCUT2D eigenvalue weighted by Crippen LogP contribution is -2.43. The average Bonchev–Trinajstić information content (AvgIpc) is 3.94. The molecule has 3 aliphatic heterocycles. The van der Waals surface area contributed by atoms with Crippen molar-refractivity contribution < 1.29 is 22.8 Å². The van der Waals surface area contributed by atoms with Crippen molar-refractivity contribution in [3.63, 3.8) is 0 Å². The van der Waals surface area contributed by atoms with Gasteiger partial charge in [0.05, 0.1) is 10.9 Å². The highest BCUT2D eigenvalue weighted by atomic mass is 35.5. The topological polar surface area (TPSA) is 114 Å². The number of hydrogen-bond donors (Lipinski definition) is 0. The van der Waals surface area contributed by atoms with Gasteiger partial charge in [-0.1, -0.05) is 53.5 Å². The maximum atomic E-state index is 16.9. The number of carbonyl (C=O) groups excluding carboxylic acids is 1. The Morgan fingerprint density at radius 2 is 1.96 bits per heavy atom. The fraction of sp³-hybridized carbons (Fsp3) is 0.436. The molecule has 14 heteroatoms. The molecule has 0 spiro atoms. The lowest BCUT2D eigenvalue weighted by molar-refractivity contribution is -0.124. The van der Waals surface area contributed by atoms with E-state index >= 15 is 4.39 Å². The van der Waals surface area contributed by atoms with Crippen molar-refractivity contribution in [3.8, 4) is 17.3 Å². The van der Waals surface area contributed by atoms with Gasteiger partial charge in [0.2, 0.25) is 5.91 Å². The number of benzene rings is 2. The number of anilines is 1. The van der Waals surface area contributed by atoms with Crippen LogP contribution in [-0.4, -0.2) is 98.4 Å². The Hall–Kier alpha value is -4.75. The first-order chi connectivity index (χ1) is 25.8. The SMILES string of the molecule is CN(c1nc(OC[C@@]23CCCN2C[C@H](F)C3)nc2c(F)c(-c3cccc4cccc(Cl)c34)ncc12)[C@@H]1CCN(C(=O)/C=C/c2nc(C3CCC3)no2)C1. The minimum Gasteiger partial charge on any atom is -0.461 e. The number of nitrogens with zero attached hydrogens (tertiary/aromatic N) is 8. The van der Waals surface area contributed by atoms with E-state index in [4.69, 9.17) is 25.8 Å². The summed E-state index contributed by atoms with van der Waals surface area (Å²) in [6.07, 6.45) is 9.78. The van der Waals surface area contributed by atoms with E-state index in [9.17, 15) is 9.18 Å². The van der Waals surface area contributed by atoms with Gasteiger partial charge in [-0.05, 0) is 50.1 Å². The number of fused-ring (bicyclic) bond motifs is 3. The molecule has 3 saturated heterocycles. The van der Waals surface area contributed by atoms with E-state index in [1.54, 1.807) is 29.3 Å². The van der Waals surface area contributed by atoms with Gasteiger partial charge >= 0.3 is 6.01 Å². The molecular weight excluding hydrogens is 702 g/mol. The van der Waals surface area contributed by atoms with Crippen LogP contribution in [0.4, 0.5) is 14.6 Å². The van der Waals surface area contributed by atoms with Crippen molar-refractivity contribution >= 4 is 51.1 Å². The lowest BCUT2D eigenvalue weighted by Gasteiger charge is -2.31. The molecule has 0 unspecified atom stereocenters. The molecule has 5 aromatic rings. The monoisotopic (exact) mass is 740 g/mol. The summed E-state index contributed by atoms with van der Waals surface area (Å²) in [5.74, 6) is 0.976. The minimum atomic E-state index is -0.920. The second-order valence-corrected chi connectivity index (χ2v) is 15.2. The molecule has 4 fully saturated rings. The van der Waals surface area contributed by atoms with Crippen LogP contribution in [0.15, 0.2) is 53.2 Å². The Balaban J connectivity index is 1.03. The van der Waals surface area contributed by atoms with E-state index in [0.717, 1.165) is 37.6 Å². The van der Waals surface area contributed by atoms with Crippen LogP contribution in [0.25, 0.3) is 39.0 Å². The van der Waals surface area contributed by atoms with Gasteiger partial charge in [0.1, 0.15) is 29.8 Å². The summed E-state index contributed by atoms with van der Waals surface area (Å²) < 4.78 is 43.1. The predicted molar refractivity (Wildman–Crippen MR) is 197 cm³/mol. The van der Waals surface area contributed by atoms with Crippen LogP contribution in [0.1, 0.15) is 62.6 Å². The molecule has 1 saturated carbocycles. The summed E-state index contributed by atoms with van der Waals surface area (Å²) in [5, 5.41) is 6.51. The van der Waals surface area contributed by atoms with Gasteiger partial charge in [-0.25, -0.2) is 8.78 Å². The zero-order chi connectivity index (χ0) is 36.3. The number of ether oxygens (including phenoxy) is 1. The average molecular weight is 741 g/mol. The summed E-state index contributed by atoms with van der Waals surface area (Å²) in [7, 11) is 1.87. The van der Waals surface area contributed by atoms with E-state index < -0.39 is 17.5 Å². The van der Waals surface area contributed by atoms with Crippen molar-refractivity contribution in [2.45, 2.75) is 68.6 Å². The zero-order valence-electron chi connectivity index (χ0n) is 29.3. The van der Waals surface area contributed by atoms with Gasteiger partial charge in [-0.15, -0.1) is 0 Å². The first-order valence-corrected chi connectivity index (χ1v) is 18.7. The molecule has 0 N–H and O–H groups in total. The molecule has 1 amide bonds. The molecule has 0 radical (unpaired) electrons. The van der Waals surface area contributed by atoms with Crippen LogP contribution < -0.4 is 9.64 Å². The first-order valence-electron chi connectivity index (χ1n) is 18.4. The first kappa shape index (κ1) is 34.0. The molecule has 6 heterocycles. The van der Waals surface area contributed by atoms with E-state index in [1.807, 2.05) is 36.2 Å². The van der Waals surface area contributed by atoms with Gasteiger partial charge in [0.25, 0.3) is 5.89 Å². The largest absolute Gasteiger partial charge is 0.461 e. The van der Waals surface area contributed by atoms with Gasteiger partial charge in [0.15, 0.2) is 11.6 Å². The molecule has 2 aromatic carbocycles. The molecule has 53 heavy (non-hydrogen) atoms. The van der Waals surface area contributed by atoms with Crippen LogP contribution in [-0.2, 0) is 4.79 Å². The molecule has 4 aliphatic rings. The molecular formula is C39H39ClF2N8O3. The summed E-state index contributed by atoms with van der Waals surface area (Å²) in [4.78, 5) is 37.6. The van der Waals surface area contributed by atoms with Crippen LogP contribution in [0.2, 0.25) is 5.02 Å². The zero-order valence-corrected chi connectivity index (χ0v) is 30.1. The second kappa shape index (κ2) is 13.6. The smallest absolute Gasteiger partial charge is 0.319 e. The maximum absolute atomic E-state index is 16.9. The number of carbonyl (C=O) groups is 1. The molecule has 11 nitrogen and oxygen atoms in total. The van der Waals surface area contributed by atoms with Gasteiger partial charge < -0.3 is 19.1 Å². The van der Waals surface area contributed by atoms with E-state index in [2.05, 4.69) is 25.0 Å². The Morgan fingerprint density at radius 1 is 1.11 bits per heavy atom. The highest BCUT2D eigenvalue weighted by Gasteiger charge is 2.49. The highest BCUT2D eigenvalue weighted by Crippen LogP contribution is 2.42. The Bertz CT molecular complexity index is 2240. The molecule has 3 atom stereocenters. The summed E-state index contributed by atoms with van der Waals surface area (Å²) in [5.41, 5.74) is 0.264. The number of pyridine rings is 1.